The Morgan fingerprint density at radius 2 is 2.16 bits per heavy atom. The molecule has 1 aromatic carbocycles. The molecule has 0 radical (unpaired) electrons. The number of nitrogens with one attached hydrogen (secondary N) is 2. The molecule has 0 spiro atoms. The average molecular weight is 353 g/mol. The summed E-state index contributed by atoms with van der Waals surface area (Å²) in [5.41, 5.74) is 0.0704. The van der Waals surface area contributed by atoms with Crippen LogP contribution in [0, 0.1) is 23.0 Å². The number of benzene rings is 1. The highest BCUT2D eigenvalue weighted by Gasteiger charge is 2.59. The van der Waals surface area contributed by atoms with Gasteiger partial charge >= 0.3 is 0 Å². The summed E-state index contributed by atoms with van der Waals surface area (Å²) in [5.74, 6) is -0.269. The van der Waals surface area contributed by atoms with Crippen LogP contribution in [0.25, 0.3) is 0 Å². The van der Waals surface area contributed by atoms with E-state index in [1.54, 1.807) is 7.05 Å². The van der Waals surface area contributed by atoms with E-state index < -0.39 is 11.6 Å². The van der Waals surface area contributed by atoms with Crippen LogP contribution in [0.3, 0.4) is 0 Å². The van der Waals surface area contributed by atoms with E-state index >= 15 is 0 Å². The van der Waals surface area contributed by atoms with Gasteiger partial charge in [0, 0.05) is 37.1 Å². The summed E-state index contributed by atoms with van der Waals surface area (Å²) in [5, 5.41) is 6.66. The Labute approximate surface area is 146 Å². The lowest BCUT2D eigenvalue weighted by atomic mass is 9.57. The first-order chi connectivity index (χ1) is 11.9. The zero-order valence-corrected chi connectivity index (χ0v) is 14.8. The fourth-order valence-corrected chi connectivity index (χ4v) is 3.86. The Kier molecular flexibility index (Phi) is 5.13. The van der Waals surface area contributed by atoms with E-state index in [2.05, 4.69) is 29.5 Å². The van der Waals surface area contributed by atoms with E-state index in [0.717, 1.165) is 25.2 Å². The molecule has 2 fully saturated rings. The van der Waals surface area contributed by atoms with Crippen molar-refractivity contribution in [3.8, 4) is 5.75 Å². The summed E-state index contributed by atoms with van der Waals surface area (Å²) >= 11 is 0. The Bertz CT molecular complexity index is 651. The second-order valence-electron chi connectivity index (χ2n) is 7.11. The van der Waals surface area contributed by atoms with E-state index in [1.807, 2.05) is 0 Å². The third-order valence-corrected chi connectivity index (χ3v) is 5.17. The SMILES string of the molecule is CN=C(NCCOc1ccc(F)c(F)c1)NC1C2CCOC2C1(C)C. The molecule has 1 saturated carbocycles. The summed E-state index contributed by atoms with van der Waals surface area (Å²) in [4.78, 5) is 4.25. The minimum absolute atomic E-state index is 0.0704. The van der Waals surface area contributed by atoms with Gasteiger partial charge in [-0.05, 0) is 18.6 Å². The van der Waals surface area contributed by atoms with Crippen molar-refractivity contribution in [2.24, 2.45) is 16.3 Å². The number of rotatable bonds is 5. The quantitative estimate of drug-likeness (QED) is 0.485. The van der Waals surface area contributed by atoms with Gasteiger partial charge < -0.3 is 20.1 Å². The molecule has 0 aromatic heterocycles. The van der Waals surface area contributed by atoms with Gasteiger partial charge in [-0.25, -0.2) is 8.78 Å². The molecule has 0 bridgehead atoms. The van der Waals surface area contributed by atoms with E-state index in [1.165, 1.54) is 6.07 Å². The molecule has 1 aliphatic heterocycles. The molecule has 1 saturated heterocycles. The van der Waals surface area contributed by atoms with Gasteiger partial charge in [-0.2, -0.15) is 0 Å². The van der Waals surface area contributed by atoms with Crippen LogP contribution in [-0.4, -0.2) is 44.9 Å². The number of fused-ring (bicyclic) bond motifs is 1. The molecule has 0 amide bonds. The molecular weight excluding hydrogens is 328 g/mol. The Morgan fingerprint density at radius 3 is 2.88 bits per heavy atom. The van der Waals surface area contributed by atoms with Crippen molar-refractivity contribution in [3.63, 3.8) is 0 Å². The first kappa shape index (κ1) is 17.9. The predicted octanol–water partition coefficient (Wildman–Crippen LogP) is 2.32. The Balaban J connectivity index is 1.44. The van der Waals surface area contributed by atoms with Gasteiger partial charge in [-0.1, -0.05) is 13.8 Å². The third-order valence-electron chi connectivity index (χ3n) is 5.17. The summed E-state index contributed by atoms with van der Waals surface area (Å²) in [6.07, 6.45) is 1.39. The highest BCUT2D eigenvalue weighted by Crippen LogP contribution is 2.52. The molecule has 7 heteroatoms. The third kappa shape index (κ3) is 3.56. The number of ether oxygens (including phenoxy) is 2. The van der Waals surface area contributed by atoms with Gasteiger partial charge in [-0.3, -0.25) is 4.99 Å². The normalized spacial score (nSPS) is 27.4. The summed E-state index contributed by atoms with van der Waals surface area (Å²) in [6, 6.07) is 3.82. The van der Waals surface area contributed by atoms with Crippen LogP contribution < -0.4 is 15.4 Å². The molecule has 2 N–H and O–H groups in total. The summed E-state index contributed by atoms with van der Waals surface area (Å²) in [7, 11) is 1.72. The number of aliphatic imine (C=N–C) groups is 1. The Hall–Kier alpha value is -1.89. The second kappa shape index (κ2) is 7.15. The van der Waals surface area contributed by atoms with E-state index in [4.69, 9.17) is 9.47 Å². The molecule has 1 heterocycles. The summed E-state index contributed by atoms with van der Waals surface area (Å²) < 4.78 is 37.2. The van der Waals surface area contributed by atoms with Crippen LogP contribution in [0.1, 0.15) is 20.3 Å². The van der Waals surface area contributed by atoms with Crippen molar-refractivity contribution in [1.82, 2.24) is 10.6 Å². The van der Waals surface area contributed by atoms with Crippen LogP contribution in [0.15, 0.2) is 23.2 Å². The second-order valence-corrected chi connectivity index (χ2v) is 7.11. The maximum absolute atomic E-state index is 13.1. The van der Waals surface area contributed by atoms with Gasteiger partial charge in [0.1, 0.15) is 12.4 Å². The molecule has 3 atom stereocenters. The molecule has 2 aliphatic rings. The lowest BCUT2D eigenvalue weighted by Gasteiger charge is -2.54. The number of hydrogen-bond acceptors (Lipinski definition) is 3. The van der Waals surface area contributed by atoms with Crippen LogP contribution >= 0.6 is 0 Å². The number of guanidine groups is 1. The van der Waals surface area contributed by atoms with Gasteiger partial charge in [0.05, 0.1) is 12.6 Å². The fraction of sp³-hybridized carbons (Fsp3) is 0.611. The van der Waals surface area contributed by atoms with Crippen LogP contribution in [0.4, 0.5) is 8.78 Å². The molecule has 25 heavy (non-hydrogen) atoms. The van der Waals surface area contributed by atoms with E-state index in [0.29, 0.717) is 42.9 Å². The zero-order valence-electron chi connectivity index (χ0n) is 14.8. The van der Waals surface area contributed by atoms with Crippen molar-refractivity contribution in [2.45, 2.75) is 32.4 Å². The number of halogens is 2. The molecule has 1 aromatic rings. The first-order valence-electron chi connectivity index (χ1n) is 8.60. The minimum atomic E-state index is -0.913. The molecule has 3 unspecified atom stereocenters. The molecule has 3 rings (SSSR count). The molecular formula is C18H25F2N3O2. The fourth-order valence-electron chi connectivity index (χ4n) is 3.86. The molecule has 1 aliphatic carbocycles. The smallest absolute Gasteiger partial charge is 0.191 e. The number of nitrogens with zero attached hydrogens (tertiary/aromatic N) is 1. The highest BCUT2D eigenvalue weighted by atomic mass is 19.2. The van der Waals surface area contributed by atoms with Crippen molar-refractivity contribution < 1.29 is 18.3 Å². The van der Waals surface area contributed by atoms with Crippen LogP contribution in [-0.2, 0) is 4.74 Å². The lowest BCUT2D eigenvalue weighted by Crippen LogP contribution is -2.68. The van der Waals surface area contributed by atoms with E-state index in [9.17, 15) is 8.78 Å². The number of hydrogen-bond donors (Lipinski definition) is 2. The monoisotopic (exact) mass is 353 g/mol. The average Bonchev–Trinajstić information content (AvgIpc) is 3.04. The predicted molar refractivity (Wildman–Crippen MR) is 91.8 cm³/mol. The Morgan fingerprint density at radius 1 is 1.36 bits per heavy atom. The maximum atomic E-state index is 13.1. The topological polar surface area (TPSA) is 54.9 Å². The van der Waals surface area contributed by atoms with Gasteiger partial charge in [0.15, 0.2) is 17.6 Å². The molecule has 5 nitrogen and oxygen atoms in total. The summed E-state index contributed by atoms with van der Waals surface area (Å²) in [6.45, 7) is 6.05. The lowest BCUT2D eigenvalue weighted by molar-refractivity contribution is -0.106. The highest BCUT2D eigenvalue weighted by molar-refractivity contribution is 5.80. The first-order valence-corrected chi connectivity index (χ1v) is 8.60. The van der Waals surface area contributed by atoms with Crippen molar-refractivity contribution in [2.75, 3.05) is 26.8 Å². The van der Waals surface area contributed by atoms with E-state index in [-0.39, 0.29) is 5.41 Å². The van der Waals surface area contributed by atoms with Gasteiger partial charge in [0.2, 0.25) is 0 Å². The standard InChI is InChI=1S/C18H25F2N3O2/c1-18(2)15(12-6-8-25-16(12)18)23-17(21-3)22-7-9-24-11-4-5-13(19)14(20)10-11/h4-5,10,12,15-16H,6-9H2,1-3H3,(H2,21,22,23). The molecule has 138 valence electrons. The van der Waals surface area contributed by atoms with Crippen molar-refractivity contribution >= 4 is 5.96 Å². The van der Waals surface area contributed by atoms with Crippen LogP contribution in [0.2, 0.25) is 0 Å². The van der Waals surface area contributed by atoms with Gasteiger partial charge in [0.25, 0.3) is 0 Å². The van der Waals surface area contributed by atoms with Gasteiger partial charge in [-0.15, -0.1) is 0 Å². The largest absolute Gasteiger partial charge is 0.492 e. The minimum Gasteiger partial charge on any atom is -0.492 e. The van der Waals surface area contributed by atoms with Crippen molar-refractivity contribution in [3.05, 3.63) is 29.8 Å². The maximum Gasteiger partial charge on any atom is 0.191 e. The van der Waals surface area contributed by atoms with Crippen molar-refractivity contribution in [1.29, 1.82) is 0 Å². The zero-order chi connectivity index (χ0) is 18.0. The van der Waals surface area contributed by atoms with Crippen LogP contribution in [0.5, 0.6) is 5.75 Å².